The summed E-state index contributed by atoms with van der Waals surface area (Å²) in [5.74, 6) is -2.45. The van der Waals surface area contributed by atoms with Gasteiger partial charge in [0.1, 0.15) is 17.3 Å². The molecule has 38 heavy (non-hydrogen) atoms. The van der Waals surface area contributed by atoms with Crippen molar-refractivity contribution in [1.29, 1.82) is 0 Å². The molecule has 1 aliphatic heterocycles. The van der Waals surface area contributed by atoms with Gasteiger partial charge in [-0.25, -0.2) is 0 Å². The molecule has 0 aliphatic carbocycles. The van der Waals surface area contributed by atoms with E-state index in [4.69, 9.17) is 4.74 Å². The van der Waals surface area contributed by atoms with Gasteiger partial charge in [-0.3, -0.25) is 14.5 Å². The van der Waals surface area contributed by atoms with Crippen LogP contribution in [0.4, 0.5) is 18.9 Å². The van der Waals surface area contributed by atoms with Crippen LogP contribution < -0.4 is 14.4 Å². The van der Waals surface area contributed by atoms with Crippen molar-refractivity contribution in [3.63, 3.8) is 0 Å². The maximum absolute atomic E-state index is 13.4. The van der Waals surface area contributed by atoms with Gasteiger partial charge in [-0.15, -0.1) is 13.2 Å². The van der Waals surface area contributed by atoms with E-state index in [1.807, 2.05) is 26.8 Å². The summed E-state index contributed by atoms with van der Waals surface area (Å²) in [6.07, 6.45) is -4.88. The number of carbonyl (C=O) groups excluding carboxylic acids is 2. The summed E-state index contributed by atoms with van der Waals surface area (Å²) in [7, 11) is 1.43. The second-order valence-corrected chi connectivity index (χ2v) is 9.79. The zero-order valence-corrected chi connectivity index (χ0v) is 21.2. The average Bonchev–Trinajstić information content (AvgIpc) is 3.13. The minimum Gasteiger partial charge on any atom is -0.507 e. The molecule has 0 radical (unpaired) electrons. The van der Waals surface area contributed by atoms with Gasteiger partial charge in [0.2, 0.25) is 0 Å². The number of methoxy groups -OCH3 is 1. The number of aliphatic hydroxyl groups excluding tert-OH is 1. The first kappa shape index (κ1) is 26.8. The van der Waals surface area contributed by atoms with Gasteiger partial charge in [-0.2, -0.15) is 0 Å². The molecule has 0 bridgehead atoms. The number of ether oxygens (including phenoxy) is 2. The lowest BCUT2D eigenvalue weighted by atomic mass is 9.85. The van der Waals surface area contributed by atoms with E-state index >= 15 is 0 Å². The molecule has 3 aromatic rings. The number of nitrogens with zero attached hydrogens (tertiary/aromatic N) is 1. The number of amides is 1. The first-order valence-electron chi connectivity index (χ1n) is 11.7. The summed E-state index contributed by atoms with van der Waals surface area (Å²) >= 11 is 0. The number of benzene rings is 3. The van der Waals surface area contributed by atoms with Crippen molar-refractivity contribution in [2.75, 3.05) is 12.0 Å². The van der Waals surface area contributed by atoms with Crippen LogP contribution in [-0.4, -0.2) is 30.3 Å². The van der Waals surface area contributed by atoms with Crippen LogP contribution in [-0.2, 0) is 15.0 Å². The second kappa shape index (κ2) is 9.89. The topological polar surface area (TPSA) is 76.1 Å². The van der Waals surface area contributed by atoms with E-state index in [-0.39, 0.29) is 22.2 Å². The van der Waals surface area contributed by atoms with Crippen LogP contribution in [0.3, 0.4) is 0 Å². The number of alkyl halides is 3. The zero-order chi connectivity index (χ0) is 27.8. The molecule has 1 saturated heterocycles. The molecule has 1 aliphatic rings. The molecule has 1 heterocycles. The molecule has 4 rings (SSSR count). The van der Waals surface area contributed by atoms with Gasteiger partial charge in [0, 0.05) is 5.69 Å². The lowest BCUT2D eigenvalue weighted by Gasteiger charge is -2.26. The monoisotopic (exact) mass is 525 g/mol. The van der Waals surface area contributed by atoms with Crippen molar-refractivity contribution in [2.45, 2.75) is 38.6 Å². The van der Waals surface area contributed by atoms with Crippen molar-refractivity contribution in [3.8, 4) is 11.5 Å². The summed E-state index contributed by atoms with van der Waals surface area (Å²) in [5, 5.41) is 11.5. The molecule has 198 valence electrons. The normalized spacial score (nSPS) is 17.6. The maximum atomic E-state index is 13.4. The summed E-state index contributed by atoms with van der Waals surface area (Å²) in [6.45, 7) is 5.98. The Balaban J connectivity index is 1.90. The van der Waals surface area contributed by atoms with E-state index in [1.165, 1.54) is 19.2 Å². The lowest BCUT2D eigenvalue weighted by molar-refractivity contribution is -0.274. The van der Waals surface area contributed by atoms with E-state index in [1.54, 1.807) is 42.5 Å². The van der Waals surface area contributed by atoms with E-state index in [0.29, 0.717) is 11.3 Å². The molecule has 0 aromatic heterocycles. The largest absolute Gasteiger partial charge is 0.573 e. The SMILES string of the molecule is COc1ccc(C(C)(C)C)cc1/C(O)=C1\C(=O)C(=O)N(c2ccc(OC(F)(F)F)cc2)C1c1ccccc1. The third-order valence-electron chi connectivity index (χ3n) is 6.23. The van der Waals surface area contributed by atoms with Gasteiger partial charge in [-0.05, 0) is 52.9 Å². The van der Waals surface area contributed by atoms with Crippen LogP contribution in [0.1, 0.15) is 43.5 Å². The quantitative estimate of drug-likeness (QED) is 0.233. The summed E-state index contributed by atoms with van der Waals surface area (Å²) < 4.78 is 47.3. The number of Topliss-reactive ketones (excluding diaryl/α,β-unsaturated/α-hetero) is 1. The number of anilines is 1. The Morgan fingerprint density at radius 1 is 0.921 bits per heavy atom. The smallest absolute Gasteiger partial charge is 0.507 e. The molecule has 1 fully saturated rings. The van der Waals surface area contributed by atoms with Crippen molar-refractivity contribution in [2.24, 2.45) is 0 Å². The minimum atomic E-state index is -4.88. The minimum absolute atomic E-state index is 0.157. The Morgan fingerprint density at radius 3 is 2.11 bits per heavy atom. The number of halogens is 3. The van der Waals surface area contributed by atoms with Gasteiger partial charge in [0.25, 0.3) is 11.7 Å². The highest BCUT2D eigenvalue weighted by molar-refractivity contribution is 6.51. The van der Waals surface area contributed by atoms with Crippen LogP contribution in [0.2, 0.25) is 0 Å². The molecule has 6 nitrogen and oxygen atoms in total. The number of carbonyl (C=O) groups is 2. The van der Waals surface area contributed by atoms with E-state index in [2.05, 4.69) is 4.74 Å². The highest BCUT2D eigenvalue weighted by Crippen LogP contribution is 2.44. The fraction of sp³-hybridized carbons (Fsp3) is 0.241. The summed E-state index contributed by atoms with van der Waals surface area (Å²) in [5.41, 5.74) is 1.34. The zero-order valence-electron chi connectivity index (χ0n) is 21.2. The molecule has 1 N–H and O–H groups in total. The molecular weight excluding hydrogens is 499 g/mol. The van der Waals surface area contributed by atoms with Gasteiger partial charge in [-0.1, -0.05) is 57.2 Å². The Morgan fingerprint density at radius 2 is 1.55 bits per heavy atom. The molecular formula is C29H26F3NO5. The molecule has 0 spiro atoms. The Bertz CT molecular complexity index is 1390. The van der Waals surface area contributed by atoms with Gasteiger partial charge >= 0.3 is 6.36 Å². The van der Waals surface area contributed by atoms with Gasteiger partial charge in [0.15, 0.2) is 0 Å². The molecule has 3 aromatic carbocycles. The fourth-order valence-corrected chi connectivity index (χ4v) is 4.36. The number of aliphatic hydroxyl groups is 1. The molecule has 0 saturated carbocycles. The molecule has 1 unspecified atom stereocenters. The van der Waals surface area contributed by atoms with Gasteiger partial charge < -0.3 is 14.6 Å². The second-order valence-electron chi connectivity index (χ2n) is 9.79. The van der Waals surface area contributed by atoms with E-state index in [9.17, 15) is 27.9 Å². The number of hydrogen-bond donors (Lipinski definition) is 1. The number of hydrogen-bond acceptors (Lipinski definition) is 5. The summed E-state index contributed by atoms with van der Waals surface area (Å²) in [6, 6.07) is 17.4. The predicted molar refractivity (Wildman–Crippen MR) is 136 cm³/mol. The Labute approximate surface area is 217 Å². The van der Waals surface area contributed by atoms with Crippen molar-refractivity contribution < 1.29 is 37.3 Å². The van der Waals surface area contributed by atoms with Gasteiger partial charge in [0.05, 0.1) is 24.3 Å². The predicted octanol–water partition coefficient (Wildman–Crippen LogP) is 6.52. The standard InChI is InChI=1S/C29H26F3NO5/c1-28(2,3)18-10-15-22(37-4)21(16-18)25(34)23-24(17-8-6-5-7-9-17)33(27(36)26(23)35)19-11-13-20(14-12-19)38-29(30,31)32/h5-16,24,34H,1-4H3/b25-23+. The Kier molecular flexibility index (Phi) is 6.97. The van der Waals surface area contributed by atoms with Crippen molar-refractivity contribution in [1.82, 2.24) is 0 Å². The summed E-state index contributed by atoms with van der Waals surface area (Å²) in [4.78, 5) is 27.9. The molecule has 1 atom stereocenters. The average molecular weight is 526 g/mol. The third-order valence-corrected chi connectivity index (χ3v) is 6.23. The van der Waals surface area contributed by atoms with Crippen molar-refractivity contribution >= 4 is 23.1 Å². The number of ketones is 1. The van der Waals surface area contributed by atoms with Crippen LogP contribution in [0.25, 0.3) is 5.76 Å². The maximum Gasteiger partial charge on any atom is 0.573 e. The Hall–Kier alpha value is -4.27. The lowest BCUT2D eigenvalue weighted by Crippen LogP contribution is -2.29. The first-order valence-corrected chi connectivity index (χ1v) is 11.7. The number of rotatable bonds is 5. The highest BCUT2D eigenvalue weighted by Gasteiger charge is 2.47. The first-order chi connectivity index (χ1) is 17.8. The van der Waals surface area contributed by atoms with E-state index < -0.39 is 35.6 Å². The fourth-order valence-electron chi connectivity index (χ4n) is 4.36. The third kappa shape index (κ3) is 5.22. The molecule has 9 heteroatoms. The van der Waals surface area contributed by atoms with Crippen LogP contribution in [0.15, 0.2) is 78.4 Å². The van der Waals surface area contributed by atoms with Crippen molar-refractivity contribution in [3.05, 3.63) is 95.1 Å². The molecule has 1 amide bonds. The van der Waals surface area contributed by atoms with Crippen LogP contribution >= 0.6 is 0 Å². The van der Waals surface area contributed by atoms with Crippen LogP contribution in [0.5, 0.6) is 11.5 Å². The van der Waals surface area contributed by atoms with E-state index in [0.717, 1.165) is 22.6 Å². The van der Waals surface area contributed by atoms with Crippen LogP contribution in [0, 0.1) is 0 Å². The highest BCUT2D eigenvalue weighted by atomic mass is 19.4.